The molecule has 6 heteroatoms. The zero-order chi connectivity index (χ0) is 13.8. The van der Waals surface area contributed by atoms with E-state index in [4.69, 9.17) is 0 Å². The summed E-state index contributed by atoms with van der Waals surface area (Å²) in [6.45, 7) is 2.97. The zero-order valence-electron chi connectivity index (χ0n) is 10.9. The van der Waals surface area contributed by atoms with Crippen LogP contribution in [0.1, 0.15) is 30.6 Å². The van der Waals surface area contributed by atoms with Crippen molar-refractivity contribution in [2.75, 3.05) is 6.54 Å². The fourth-order valence-corrected chi connectivity index (χ4v) is 2.33. The van der Waals surface area contributed by atoms with Crippen molar-refractivity contribution in [2.45, 2.75) is 19.4 Å². The maximum Gasteiger partial charge on any atom is 0.137 e. The zero-order valence-corrected chi connectivity index (χ0v) is 12.5. The molecule has 0 aliphatic heterocycles. The Kier molecular flexibility index (Phi) is 4.66. The molecule has 1 heterocycles. The second kappa shape index (κ2) is 6.25. The van der Waals surface area contributed by atoms with Crippen LogP contribution in [0.4, 0.5) is 4.39 Å². The fourth-order valence-electron chi connectivity index (χ4n) is 1.93. The van der Waals surface area contributed by atoms with Crippen molar-refractivity contribution in [2.24, 2.45) is 7.05 Å². The molecular formula is C13H16BrFN4. The van der Waals surface area contributed by atoms with Crippen molar-refractivity contribution in [3.05, 3.63) is 45.9 Å². The molecule has 1 unspecified atom stereocenters. The molecule has 0 bridgehead atoms. The minimum atomic E-state index is -0.263. The van der Waals surface area contributed by atoms with E-state index in [0.29, 0.717) is 4.47 Å². The van der Waals surface area contributed by atoms with Gasteiger partial charge >= 0.3 is 0 Å². The van der Waals surface area contributed by atoms with Crippen LogP contribution in [0.2, 0.25) is 0 Å². The van der Waals surface area contributed by atoms with Crippen molar-refractivity contribution in [1.29, 1.82) is 0 Å². The minimum Gasteiger partial charge on any atom is -0.305 e. The van der Waals surface area contributed by atoms with Crippen LogP contribution in [-0.2, 0) is 7.05 Å². The predicted octanol–water partition coefficient (Wildman–Crippen LogP) is 2.81. The van der Waals surface area contributed by atoms with Gasteiger partial charge in [0.1, 0.15) is 5.82 Å². The number of hydrogen-bond donors (Lipinski definition) is 1. The highest BCUT2D eigenvalue weighted by Gasteiger charge is 2.18. The summed E-state index contributed by atoms with van der Waals surface area (Å²) in [7, 11) is 1.85. The van der Waals surface area contributed by atoms with Crippen LogP contribution in [0.5, 0.6) is 0 Å². The summed E-state index contributed by atoms with van der Waals surface area (Å²) < 4.78 is 15.5. The highest BCUT2D eigenvalue weighted by molar-refractivity contribution is 9.10. The molecule has 2 rings (SSSR count). The molecule has 0 spiro atoms. The van der Waals surface area contributed by atoms with Crippen molar-refractivity contribution < 1.29 is 4.39 Å². The van der Waals surface area contributed by atoms with E-state index < -0.39 is 0 Å². The Bertz CT molecular complexity index is 555. The minimum absolute atomic E-state index is 0.0446. The smallest absolute Gasteiger partial charge is 0.137 e. The Balaban J connectivity index is 2.37. The number of benzene rings is 1. The van der Waals surface area contributed by atoms with Gasteiger partial charge in [-0.1, -0.05) is 18.2 Å². The van der Waals surface area contributed by atoms with Gasteiger partial charge in [-0.05, 0) is 46.6 Å². The van der Waals surface area contributed by atoms with Crippen LogP contribution >= 0.6 is 15.9 Å². The molecule has 0 aliphatic rings. The Morgan fingerprint density at radius 3 is 2.84 bits per heavy atom. The fraction of sp³-hybridized carbons (Fsp3) is 0.385. The second-order valence-electron chi connectivity index (χ2n) is 4.34. The van der Waals surface area contributed by atoms with Gasteiger partial charge in [0.2, 0.25) is 0 Å². The first-order valence-corrected chi connectivity index (χ1v) is 6.95. The monoisotopic (exact) mass is 326 g/mol. The van der Waals surface area contributed by atoms with E-state index >= 15 is 0 Å². The first-order chi connectivity index (χ1) is 9.13. The lowest BCUT2D eigenvalue weighted by atomic mass is 10.0. The molecule has 0 saturated carbocycles. The number of aromatic nitrogens is 3. The van der Waals surface area contributed by atoms with Gasteiger partial charge < -0.3 is 5.32 Å². The molecule has 1 aromatic carbocycles. The molecule has 102 valence electrons. The van der Waals surface area contributed by atoms with Gasteiger partial charge in [-0.25, -0.2) is 4.39 Å². The Morgan fingerprint density at radius 1 is 1.47 bits per heavy atom. The van der Waals surface area contributed by atoms with Crippen LogP contribution in [0.25, 0.3) is 0 Å². The summed E-state index contributed by atoms with van der Waals surface area (Å²) in [5.74, 6) is -0.263. The molecule has 0 amide bonds. The molecule has 1 aromatic heterocycles. The molecule has 2 aromatic rings. The molecule has 0 fully saturated rings. The molecule has 19 heavy (non-hydrogen) atoms. The molecule has 0 saturated heterocycles. The number of rotatable bonds is 5. The van der Waals surface area contributed by atoms with Crippen LogP contribution in [0.15, 0.2) is 28.9 Å². The summed E-state index contributed by atoms with van der Waals surface area (Å²) >= 11 is 3.22. The summed E-state index contributed by atoms with van der Waals surface area (Å²) in [5.41, 5.74) is 1.93. The topological polar surface area (TPSA) is 42.7 Å². The summed E-state index contributed by atoms with van der Waals surface area (Å²) in [5, 5.41) is 11.3. The lowest BCUT2D eigenvalue weighted by molar-refractivity contribution is 0.548. The van der Waals surface area contributed by atoms with E-state index in [1.54, 1.807) is 23.0 Å². The second-order valence-corrected chi connectivity index (χ2v) is 5.20. The largest absolute Gasteiger partial charge is 0.305 e. The van der Waals surface area contributed by atoms with Gasteiger partial charge in [0.25, 0.3) is 0 Å². The molecule has 1 atom stereocenters. The van der Waals surface area contributed by atoms with E-state index in [1.807, 2.05) is 7.05 Å². The van der Waals surface area contributed by atoms with Gasteiger partial charge in [0.05, 0.1) is 22.4 Å². The van der Waals surface area contributed by atoms with Crippen LogP contribution in [0.3, 0.4) is 0 Å². The normalized spacial score (nSPS) is 12.6. The summed E-state index contributed by atoms with van der Waals surface area (Å²) in [4.78, 5) is 0. The van der Waals surface area contributed by atoms with Gasteiger partial charge in [-0.2, -0.15) is 0 Å². The standard InChI is InChI=1S/C13H16BrFN4/c1-3-6-16-13(12-8-17-18-19(12)2)9-4-5-11(15)10(14)7-9/h4-5,7-8,13,16H,3,6H2,1-2H3. The van der Waals surface area contributed by atoms with Crippen LogP contribution in [0, 0.1) is 5.82 Å². The number of aryl methyl sites for hydroxylation is 1. The highest BCUT2D eigenvalue weighted by Crippen LogP contribution is 2.25. The van der Waals surface area contributed by atoms with Crippen LogP contribution < -0.4 is 5.32 Å². The quantitative estimate of drug-likeness (QED) is 0.918. The first kappa shape index (κ1) is 14.1. The third kappa shape index (κ3) is 3.19. The maximum absolute atomic E-state index is 13.3. The summed E-state index contributed by atoms with van der Waals surface area (Å²) in [6, 6.07) is 4.98. The Morgan fingerprint density at radius 2 is 2.26 bits per heavy atom. The number of hydrogen-bond acceptors (Lipinski definition) is 3. The van der Waals surface area contributed by atoms with E-state index in [9.17, 15) is 4.39 Å². The van der Waals surface area contributed by atoms with Crippen molar-refractivity contribution in [3.63, 3.8) is 0 Å². The third-order valence-electron chi connectivity index (χ3n) is 2.92. The molecule has 4 nitrogen and oxygen atoms in total. The Hall–Kier alpha value is -1.27. The van der Waals surface area contributed by atoms with Crippen molar-refractivity contribution in [3.8, 4) is 0 Å². The van der Waals surface area contributed by atoms with E-state index in [1.165, 1.54) is 6.07 Å². The molecule has 0 radical (unpaired) electrons. The van der Waals surface area contributed by atoms with Gasteiger partial charge in [-0.3, -0.25) is 4.68 Å². The molecule has 0 aliphatic carbocycles. The van der Waals surface area contributed by atoms with E-state index in [-0.39, 0.29) is 11.9 Å². The number of halogens is 2. The van der Waals surface area contributed by atoms with Crippen LogP contribution in [-0.4, -0.2) is 21.5 Å². The summed E-state index contributed by atoms with van der Waals surface area (Å²) in [6.07, 6.45) is 2.74. The third-order valence-corrected chi connectivity index (χ3v) is 3.53. The SMILES string of the molecule is CCCNC(c1ccc(F)c(Br)c1)c1cnnn1C. The lowest BCUT2D eigenvalue weighted by Crippen LogP contribution is -2.25. The Labute approximate surface area is 120 Å². The average Bonchev–Trinajstić information content (AvgIpc) is 2.80. The van der Waals surface area contributed by atoms with Gasteiger partial charge in [0.15, 0.2) is 0 Å². The van der Waals surface area contributed by atoms with E-state index in [0.717, 1.165) is 24.2 Å². The highest BCUT2D eigenvalue weighted by atomic mass is 79.9. The molecular weight excluding hydrogens is 311 g/mol. The maximum atomic E-state index is 13.3. The molecule has 1 N–H and O–H groups in total. The van der Waals surface area contributed by atoms with Crippen molar-refractivity contribution >= 4 is 15.9 Å². The van der Waals surface area contributed by atoms with Gasteiger partial charge in [-0.15, -0.1) is 5.10 Å². The van der Waals surface area contributed by atoms with Crippen molar-refractivity contribution in [1.82, 2.24) is 20.3 Å². The average molecular weight is 327 g/mol. The number of nitrogens with zero attached hydrogens (tertiary/aromatic N) is 3. The first-order valence-electron chi connectivity index (χ1n) is 6.16. The predicted molar refractivity (Wildman–Crippen MR) is 75.2 cm³/mol. The number of nitrogens with one attached hydrogen (secondary N) is 1. The van der Waals surface area contributed by atoms with Gasteiger partial charge in [0, 0.05) is 7.05 Å². The van der Waals surface area contributed by atoms with E-state index in [2.05, 4.69) is 38.5 Å². The lowest BCUT2D eigenvalue weighted by Gasteiger charge is -2.19.